The van der Waals surface area contributed by atoms with Gasteiger partial charge in [0.15, 0.2) is 5.58 Å². The summed E-state index contributed by atoms with van der Waals surface area (Å²) in [7, 11) is 1.66. The third kappa shape index (κ3) is 1.95. The highest BCUT2D eigenvalue weighted by Gasteiger charge is 2.08. The van der Waals surface area contributed by atoms with Gasteiger partial charge in [0.2, 0.25) is 0 Å². The fourth-order valence-corrected chi connectivity index (χ4v) is 2.01. The quantitative estimate of drug-likeness (QED) is 0.704. The van der Waals surface area contributed by atoms with Crippen molar-refractivity contribution in [2.45, 2.75) is 6.42 Å². The number of benzene rings is 1. The van der Waals surface area contributed by atoms with Crippen LogP contribution < -0.4 is 5.76 Å². The zero-order valence-corrected chi connectivity index (χ0v) is 10.7. The van der Waals surface area contributed by atoms with Gasteiger partial charge in [0.05, 0.1) is 23.7 Å². The summed E-state index contributed by atoms with van der Waals surface area (Å²) in [6.07, 6.45) is 1.77. The molecule has 3 rings (SSSR count). The molecule has 6 nitrogen and oxygen atoms in total. The number of oxazole rings is 1. The molecule has 0 radical (unpaired) electrons. The summed E-state index contributed by atoms with van der Waals surface area (Å²) in [5, 5.41) is 8.67. The van der Waals surface area contributed by atoms with Crippen molar-refractivity contribution in [3.63, 3.8) is 0 Å². The first-order chi connectivity index (χ1) is 9.69. The van der Waals surface area contributed by atoms with Crippen LogP contribution in [0.15, 0.2) is 39.7 Å². The van der Waals surface area contributed by atoms with Gasteiger partial charge in [-0.2, -0.15) is 5.26 Å². The normalized spacial score (nSPS) is 10.6. The second-order valence-electron chi connectivity index (χ2n) is 4.30. The van der Waals surface area contributed by atoms with Crippen molar-refractivity contribution in [2.24, 2.45) is 7.05 Å². The van der Waals surface area contributed by atoms with Crippen LogP contribution in [-0.2, 0) is 13.5 Å². The maximum absolute atomic E-state index is 11.5. The summed E-state index contributed by atoms with van der Waals surface area (Å²) in [4.78, 5) is 19.8. The van der Waals surface area contributed by atoms with Crippen LogP contribution in [0.5, 0.6) is 0 Å². The number of aromatic nitrogens is 3. The average Bonchev–Trinajstić information content (AvgIpc) is 2.74. The number of fused-ring (bicyclic) bond motifs is 1. The van der Waals surface area contributed by atoms with E-state index in [-0.39, 0.29) is 6.42 Å². The molecule has 0 bridgehead atoms. The van der Waals surface area contributed by atoms with E-state index < -0.39 is 5.76 Å². The van der Waals surface area contributed by atoms with E-state index in [2.05, 4.69) is 9.97 Å². The summed E-state index contributed by atoms with van der Waals surface area (Å²) in [6, 6.07) is 9.19. The molecule has 0 saturated heterocycles. The fourth-order valence-electron chi connectivity index (χ4n) is 2.01. The van der Waals surface area contributed by atoms with E-state index in [0.29, 0.717) is 17.1 Å². The van der Waals surface area contributed by atoms with Crippen molar-refractivity contribution in [1.82, 2.24) is 14.5 Å². The Hall–Kier alpha value is -2.94. The molecule has 6 heteroatoms. The number of aryl methyl sites for hydroxylation is 1. The van der Waals surface area contributed by atoms with Crippen molar-refractivity contribution < 1.29 is 4.42 Å². The van der Waals surface area contributed by atoms with Gasteiger partial charge >= 0.3 is 5.76 Å². The predicted molar refractivity (Wildman–Crippen MR) is 71.8 cm³/mol. The molecule has 3 aromatic rings. The number of rotatable bonds is 2. The molecule has 0 atom stereocenters. The lowest BCUT2D eigenvalue weighted by Gasteiger charge is -2.02. The number of nitriles is 1. The van der Waals surface area contributed by atoms with Crippen molar-refractivity contribution in [3.05, 3.63) is 46.8 Å². The van der Waals surface area contributed by atoms with Gasteiger partial charge in [-0.3, -0.25) is 4.57 Å². The molecule has 2 heterocycles. The average molecular weight is 266 g/mol. The van der Waals surface area contributed by atoms with Gasteiger partial charge in [0, 0.05) is 18.8 Å². The standard InChI is InChI=1S/C14H10N4O2/c1-18-11-3-2-9(8-12(11)20-14(18)19)10-5-7-16-13(17-10)4-6-15/h2-3,5,7-8H,4H2,1H3. The van der Waals surface area contributed by atoms with Crippen LogP contribution in [0.25, 0.3) is 22.4 Å². The van der Waals surface area contributed by atoms with E-state index in [1.165, 1.54) is 4.57 Å². The Morgan fingerprint density at radius 2 is 2.25 bits per heavy atom. The maximum atomic E-state index is 11.5. The van der Waals surface area contributed by atoms with E-state index in [1.54, 1.807) is 25.4 Å². The molecule has 0 aliphatic carbocycles. The Balaban J connectivity index is 2.13. The Morgan fingerprint density at radius 1 is 1.40 bits per heavy atom. The SMILES string of the molecule is Cn1c(=O)oc2cc(-c3ccnc(CC#N)n3)ccc21. The third-order valence-corrected chi connectivity index (χ3v) is 3.03. The number of hydrogen-bond acceptors (Lipinski definition) is 5. The summed E-state index contributed by atoms with van der Waals surface area (Å²) in [5.74, 6) is 0.0737. The molecule has 0 saturated carbocycles. The summed E-state index contributed by atoms with van der Waals surface area (Å²) >= 11 is 0. The zero-order valence-electron chi connectivity index (χ0n) is 10.7. The smallest absolute Gasteiger partial charge is 0.408 e. The van der Waals surface area contributed by atoms with Crippen LogP contribution in [-0.4, -0.2) is 14.5 Å². The molecule has 0 unspecified atom stereocenters. The van der Waals surface area contributed by atoms with Gasteiger partial charge in [-0.15, -0.1) is 0 Å². The van der Waals surface area contributed by atoms with E-state index in [4.69, 9.17) is 9.68 Å². The molecule has 0 amide bonds. The highest BCUT2D eigenvalue weighted by molar-refractivity contribution is 5.79. The molecule has 20 heavy (non-hydrogen) atoms. The Bertz CT molecular complexity index is 886. The zero-order chi connectivity index (χ0) is 14.1. The molecule has 98 valence electrons. The molecule has 0 N–H and O–H groups in total. The lowest BCUT2D eigenvalue weighted by Crippen LogP contribution is -2.08. The summed E-state index contributed by atoms with van der Waals surface area (Å²) < 4.78 is 6.59. The van der Waals surface area contributed by atoms with Gasteiger partial charge in [-0.05, 0) is 18.2 Å². The highest BCUT2D eigenvalue weighted by Crippen LogP contribution is 2.22. The monoisotopic (exact) mass is 266 g/mol. The van der Waals surface area contributed by atoms with Gasteiger partial charge in [0.1, 0.15) is 5.82 Å². The molecular weight excluding hydrogens is 256 g/mol. The van der Waals surface area contributed by atoms with E-state index in [9.17, 15) is 4.79 Å². The third-order valence-electron chi connectivity index (χ3n) is 3.03. The van der Waals surface area contributed by atoms with Crippen molar-refractivity contribution in [3.8, 4) is 17.3 Å². The highest BCUT2D eigenvalue weighted by atomic mass is 16.4. The topological polar surface area (TPSA) is 84.7 Å². The Morgan fingerprint density at radius 3 is 3.05 bits per heavy atom. The van der Waals surface area contributed by atoms with Crippen LogP contribution in [0.2, 0.25) is 0 Å². The minimum atomic E-state index is -0.398. The second kappa shape index (κ2) is 4.63. The molecule has 0 fully saturated rings. The Kier molecular flexibility index (Phi) is 2.80. The minimum Gasteiger partial charge on any atom is -0.408 e. The largest absolute Gasteiger partial charge is 0.419 e. The van der Waals surface area contributed by atoms with E-state index in [0.717, 1.165) is 11.1 Å². The fraction of sp³-hybridized carbons (Fsp3) is 0.143. The molecular formula is C14H10N4O2. The molecule has 0 aliphatic rings. The van der Waals surface area contributed by atoms with E-state index >= 15 is 0 Å². The van der Waals surface area contributed by atoms with Crippen LogP contribution in [0.1, 0.15) is 5.82 Å². The lowest BCUT2D eigenvalue weighted by molar-refractivity contribution is 0.528. The number of hydrogen-bond donors (Lipinski definition) is 0. The molecule has 1 aromatic carbocycles. The predicted octanol–water partition coefficient (Wildman–Crippen LogP) is 1.65. The first-order valence-electron chi connectivity index (χ1n) is 5.98. The molecule has 2 aromatic heterocycles. The van der Waals surface area contributed by atoms with Gasteiger partial charge in [0.25, 0.3) is 0 Å². The van der Waals surface area contributed by atoms with E-state index in [1.807, 2.05) is 18.2 Å². The van der Waals surface area contributed by atoms with Crippen molar-refractivity contribution >= 4 is 11.1 Å². The van der Waals surface area contributed by atoms with Crippen LogP contribution in [0, 0.1) is 11.3 Å². The Labute approximate surface area is 113 Å². The van der Waals surface area contributed by atoms with Crippen LogP contribution >= 0.6 is 0 Å². The molecule has 0 aliphatic heterocycles. The van der Waals surface area contributed by atoms with Crippen molar-refractivity contribution in [1.29, 1.82) is 5.26 Å². The van der Waals surface area contributed by atoms with Gasteiger partial charge in [-0.25, -0.2) is 14.8 Å². The second-order valence-corrected chi connectivity index (χ2v) is 4.30. The van der Waals surface area contributed by atoms with Crippen LogP contribution in [0.3, 0.4) is 0 Å². The molecule has 0 spiro atoms. The van der Waals surface area contributed by atoms with Crippen LogP contribution in [0.4, 0.5) is 0 Å². The summed E-state index contributed by atoms with van der Waals surface area (Å²) in [6.45, 7) is 0. The van der Waals surface area contributed by atoms with Crippen molar-refractivity contribution in [2.75, 3.05) is 0 Å². The summed E-state index contributed by atoms with van der Waals surface area (Å²) in [5.41, 5.74) is 2.74. The van der Waals surface area contributed by atoms with Gasteiger partial charge < -0.3 is 4.42 Å². The first kappa shape index (κ1) is 12.1. The maximum Gasteiger partial charge on any atom is 0.419 e. The minimum absolute atomic E-state index is 0.163. The number of nitrogens with zero attached hydrogens (tertiary/aromatic N) is 4. The lowest BCUT2D eigenvalue weighted by atomic mass is 10.1. The van der Waals surface area contributed by atoms with Gasteiger partial charge in [-0.1, -0.05) is 6.07 Å². The first-order valence-corrected chi connectivity index (χ1v) is 5.98.